The van der Waals surface area contributed by atoms with Crippen LogP contribution in [0.2, 0.25) is 0 Å². The van der Waals surface area contributed by atoms with E-state index in [1.807, 2.05) is 0 Å². The summed E-state index contributed by atoms with van der Waals surface area (Å²) in [4.78, 5) is 18.0. The van der Waals surface area contributed by atoms with E-state index in [9.17, 15) is 10.1 Å². The Labute approximate surface area is 85.4 Å². The zero-order chi connectivity index (χ0) is 10.8. The van der Waals surface area contributed by atoms with Crippen LogP contribution in [0, 0.1) is 17.0 Å². The fourth-order valence-electron chi connectivity index (χ4n) is 1.26. The Bertz CT molecular complexity index is 493. The van der Waals surface area contributed by atoms with Gasteiger partial charge in [0, 0.05) is 18.0 Å². The van der Waals surface area contributed by atoms with Gasteiger partial charge < -0.3 is 0 Å². The van der Waals surface area contributed by atoms with E-state index >= 15 is 0 Å². The van der Waals surface area contributed by atoms with Crippen LogP contribution in [0.5, 0.6) is 0 Å². The summed E-state index contributed by atoms with van der Waals surface area (Å²) >= 11 is 0. The van der Waals surface area contributed by atoms with Gasteiger partial charge in [0.05, 0.1) is 4.92 Å². The van der Waals surface area contributed by atoms with Crippen molar-refractivity contribution in [2.75, 3.05) is 0 Å². The van der Waals surface area contributed by atoms with Crippen molar-refractivity contribution >= 4 is 5.69 Å². The summed E-state index contributed by atoms with van der Waals surface area (Å²) in [6.07, 6.45) is 6.20. The minimum atomic E-state index is -0.444. The number of rotatable bonds is 2. The highest BCUT2D eigenvalue weighted by atomic mass is 16.6. The van der Waals surface area contributed by atoms with Gasteiger partial charge in [-0.15, -0.1) is 0 Å². The molecule has 0 atom stereocenters. The van der Waals surface area contributed by atoms with Crippen LogP contribution in [-0.4, -0.2) is 19.5 Å². The quantitative estimate of drug-likeness (QED) is 0.548. The maximum Gasteiger partial charge on any atom is 0.290 e. The van der Waals surface area contributed by atoms with Gasteiger partial charge in [-0.2, -0.15) is 0 Å². The summed E-state index contributed by atoms with van der Waals surface area (Å²) in [5, 5.41) is 10.6. The van der Waals surface area contributed by atoms with Crippen LogP contribution in [0.15, 0.2) is 31.0 Å². The molecule has 0 saturated heterocycles. The monoisotopic (exact) mass is 204 g/mol. The minimum absolute atomic E-state index is 0.0267. The standard InChI is InChI=1S/C9H8N4O2/c1-7-4-9(12-3-2-10-6-12)11-5-8(7)13(14)15/h2-6H,1H3. The van der Waals surface area contributed by atoms with Crippen molar-refractivity contribution in [3.63, 3.8) is 0 Å². The van der Waals surface area contributed by atoms with Gasteiger partial charge in [-0.3, -0.25) is 14.7 Å². The number of hydrogen-bond donors (Lipinski definition) is 0. The first kappa shape index (κ1) is 9.32. The maximum atomic E-state index is 10.6. The number of nitro groups is 1. The van der Waals surface area contributed by atoms with E-state index in [1.54, 1.807) is 36.3 Å². The number of nitrogens with zero attached hydrogens (tertiary/aromatic N) is 4. The molecule has 0 unspecified atom stereocenters. The number of aromatic nitrogens is 3. The van der Waals surface area contributed by atoms with Crippen LogP contribution in [-0.2, 0) is 0 Å². The second kappa shape index (κ2) is 3.49. The number of aryl methyl sites for hydroxylation is 1. The van der Waals surface area contributed by atoms with Crippen LogP contribution in [0.4, 0.5) is 5.69 Å². The molecule has 0 aliphatic rings. The van der Waals surface area contributed by atoms with Gasteiger partial charge in [0.25, 0.3) is 5.69 Å². The molecule has 15 heavy (non-hydrogen) atoms. The van der Waals surface area contributed by atoms with E-state index in [0.717, 1.165) is 0 Å². The van der Waals surface area contributed by atoms with Crippen molar-refractivity contribution < 1.29 is 4.92 Å². The Kier molecular flexibility index (Phi) is 2.17. The minimum Gasteiger partial charge on any atom is -0.291 e. The Morgan fingerprint density at radius 3 is 2.87 bits per heavy atom. The van der Waals surface area contributed by atoms with Gasteiger partial charge in [0.15, 0.2) is 0 Å². The fraction of sp³-hybridized carbons (Fsp3) is 0.111. The summed E-state index contributed by atoms with van der Waals surface area (Å²) in [5.41, 5.74) is 0.609. The normalized spacial score (nSPS) is 10.2. The molecule has 0 aliphatic heterocycles. The highest BCUT2D eigenvalue weighted by molar-refractivity contribution is 5.41. The number of hydrogen-bond acceptors (Lipinski definition) is 4. The third-order valence-electron chi connectivity index (χ3n) is 2.03. The summed E-state index contributed by atoms with van der Waals surface area (Å²) in [6.45, 7) is 1.68. The average Bonchev–Trinajstić information content (AvgIpc) is 2.69. The largest absolute Gasteiger partial charge is 0.291 e. The van der Waals surface area contributed by atoms with E-state index in [0.29, 0.717) is 11.4 Å². The second-order valence-electron chi connectivity index (χ2n) is 3.06. The second-order valence-corrected chi connectivity index (χ2v) is 3.06. The molecule has 2 rings (SSSR count). The summed E-state index contributed by atoms with van der Waals surface area (Å²) < 4.78 is 1.69. The van der Waals surface area contributed by atoms with Crippen LogP contribution in [0.1, 0.15) is 5.56 Å². The van der Waals surface area contributed by atoms with Crippen molar-refractivity contribution in [3.8, 4) is 5.82 Å². The molecule has 0 aliphatic carbocycles. The number of pyridine rings is 1. The first-order valence-electron chi connectivity index (χ1n) is 4.28. The van der Waals surface area contributed by atoms with Crippen LogP contribution in [0.3, 0.4) is 0 Å². The van der Waals surface area contributed by atoms with Crippen LogP contribution < -0.4 is 0 Å². The van der Waals surface area contributed by atoms with Gasteiger partial charge in [-0.05, 0) is 13.0 Å². The third-order valence-corrected chi connectivity index (χ3v) is 2.03. The van der Waals surface area contributed by atoms with Crippen molar-refractivity contribution in [2.45, 2.75) is 6.92 Å². The smallest absolute Gasteiger partial charge is 0.290 e. The summed E-state index contributed by atoms with van der Waals surface area (Å²) in [6, 6.07) is 1.65. The molecular formula is C9H8N4O2. The molecule has 0 radical (unpaired) electrons. The zero-order valence-corrected chi connectivity index (χ0v) is 7.99. The molecule has 6 heteroatoms. The molecule has 2 aromatic rings. The van der Waals surface area contributed by atoms with Crippen molar-refractivity contribution in [2.24, 2.45) is 0 Å². The lowest BCUT2D eigenvalue weighted by Crippen LogP contribution is -1.98. The van der Waals surface area contributed by atoms with Crippen LogP contribution >= 0.6 is 0 Å². The molecule has 0 bridgehead atoms. The maximum absolute atomic E-state index is 10.6. The molecule has 0 spiro atoms. The molecule has 76 valence electrons. The van der Waals surface area contributed by atoms with E-state index in [1.165, 1.54) is 6.20 Å². The Morgan fingerprint density at radius 1 is 1.53 bits per heavy atom. The summed E-state index contributed by atoms with van der Waals surface area (Å²) in [5.74, 6) is 0.621. The van der Waals surface area contributed by atoms with Gasteiger partial charge in [0.1, 0.15) is 18.3 Å². The number of imidazole rings is 1. The highest BCUT2D eigenvalue weighted by Gasteiger charge is 2.11. The molecule has 2 heterocycles. The topological polar surface area (TPSA) is 73.8 Å². The lowest BCUT2D eigenvalue weighted by Gasteiger charge is -2.02. The van der Waals surface area contributed by atoms with Gasteiger partial charge in [-0.1, -0.05) is 0 Å². The van der Waals surface area contributed by atoms with Crippen molar-refractivity contribution in [1.29, 1.82) is 0 Å². The molecule has 0 aromatic carbocycles. The molecular weight excluding hydrogens is 196 g/mol. The molecule has 0 saturated carbocycles. The van der Waals surface area contributed by atoms with E-state index in [4.69, 9.17) is 0 Å². The third kappa shape index (κ3) is 1.69. The predicted octanol–water partition coefficient (Wildman–Crippen LogP) is 1.48. The Hall–Kier alpha value is -2.24. The van der Waals surface area contributed by atoms with E-state index < -0.39 is 4.92 Å². The summed E-state index contributed by atoms with van der Waals surface area (Å²) in [7, 11) is 0. The van der Waals surface area contributed by atoms with Gasteiger partial charge >= 0.3 is 0 Å². The lowest BCUT2D eigenvalue weighted by atomic mass is 10.2. The Balaban J connectivity index is 2.47. The predicted molar refractivity (Wildman–Crippen MR) is 52.8 cm³/mol. The van der Waals surface area contributed by atoms with Crippen molar-refractivity contribution in [1.82, 2.24) is 14.5 Å². The molecule has 2 aromatic heterocycles. The highest BCUT2D eigenvalue weighted by Crippen LogP contribution is 2.17. The van der Waals surface area contributed by atoms with E-state index in [2.05, 4.69) is 9.97 Å². The zero-order valence-electron chi connectivity index (χ0n) is 7.99. The van der Waals surface area contributed by atoms with Crippen molar-refractivity contribution in [3.05, 3.63) is 46.7 Å². The molecule has 0 amide bonds. The fourth-order valence-corrected chi connectivity index (χ4v) is 1.26. The van der Waals surface area contributed by atoms with Crippen LogP contribution in [0.25, 0.3) is 5.82 Å². The first-order valence-corrected chi connectivity index (χ1v) is 4.28. The Morgan fingerprint density at radius 2 is 2.33 bits per heavy atom. The average molecular weight is 204 g/mol. The van der Waals surface area contributed by atoms with Gasteiger partial charge in [-0.25, -0.2) is 9.97 Å². The molecule has 0 N–H and O–H groups in total. The SMILES string of the molecule is Cc1cc(-n2ccnc2)ncc1[N+](=O)[O-]. The lowest BCUT2D eigenvalue weighted by molar-refractivity contribution is -0.385. The van der Waals surface area contributed by atoms with Gasteiger partial charge in [0.2, 0.25) is 0 Å². The molecule has 0 fully saturated rings. The van der Waals surface area contributed by atoms with E-state index in [-0.39, 0.29) is 5.69 Å². The first-order chi connectivity index (χ1) is 7.18. The molecule has 6 nitrogen and oxygen atoms in total.